The number of fused-ring (bicyclic) bond motifs is 4. The maximum Gasteiger partial charge on any atom is 0.458 e. The monoisotopic (exact) mass is 565 g/mol. The number of Topliss-reactive ketones (excluding diaryl/α,β-unsaturated/α-hetero) is 2. The number of alkyl halides is 6. The zero-order valence-corrected chi connectivity index (χ0v) is 21.0. The highest BCUT2D eigenvalue weighted by atomic mass is 19.4. The van der Waals surface area contributed by atoms with Crippen molar-refractivity contribution in [3.05, 3.63) is 65.7 Å². The molecule has 3 aliphatic rings. The Hall–Kier alpha value is -3.64. The molecule has 6 rings (SSSR count). The molecule has 40 heavy (non-hydrogen) atoms. The summed E-state index contributed by atoms with van der Waals surface area (Å²) in [7, 11) is 0. The van der Waals surface area contributed by atoms with E-state index in [1.807, 2.05) is 0 Å². The van der Waals surface area contributed by atoms with Crippen molar-refractivity contribution >= 4 is 39.4 Å². The summed E-state index contributed by atoms with van der Waals surface area (Å²) in [6.45, 7) is 4.73. The summed E-state index contributed by atoms with van der Waals surface area (Å²) >= 11 is 0. The van der Waals surface area contributed by atoms with Gasteiger partial charge in [0.2, 0.25) is 0 Å². The quantitative estimate of drug-likeness (QED) is 0.317. The van der Waals surface area contributed by atoms with Gasteiger partial charge in [0.1, 0.15) is 0 Å². The number of ether oxygens (including phenoxy) is 1. The number of ketones is 2. The minimum Gasteiger partial charge on any atom is -0.375 e. The van der Waals surface area contributed by atoms with Gasteiger partial charge in [-0.15, -0.1) is 0 Å². The van der Waals surface area contributed by atoms with Crippen LogP contribution in [0.3, 0.4) is 0 Å². The Morgan fingerprint density at radius 2 is 1.60 bits per heavy atom. The van der Waals surface area contributed by atoms with Crippen LogP contribution in [0, 0.1) is 0 Å². The number of anilines is 3. The molecule has 2 atom stereocenters. The predicted molar refractivity (Wildman–Crippen MR) is 137 cm³/mol. The van der Waals surface area contributed by atoms with Gasteiger partial charge in [0, 0.05) is 47.7 Å². The van der Waals surface area contributed by atoms with E-state index in [1.54, 1.807) is 0 Å². The van der Waals surface area contributed by atoms with Gasteiger partial charge in [-0.3, -0.25) is 9.59 Å². The molecule has 0 saturated carbocycles. The molecule has 1 saturated heterocycles. The second kappa shape index (κ2) is 10.7. The topological polar surface area (TPSA) is 70.7 Å². The number of carbonyl (C=O) groups is 2. The molecule has 0 spiro atoms. The number of carbonyl (C=O) groups excluding carboxylic acids is 2. The molecule has 1 fully saturated rings. The standard InChI is InChI=1S/C24H25N3O.C4F6O2/c1-2-4-17-11-19(6-5-16(17)3-1)26-20-12-18-15-28-10-9-27-23-7-8-25-14-22(23)21(13-20)24(18)27;5-3(6,7)1(11)2(12)4(8,9)10/h1-6,11-13,22-23,25-26H,7-10,14-15H2;/t22-,23-;/m0./s1. The van der Waals surface area contributed by atoms with E-state index in [1.165, 1.54) is 39.7 Å². The Morgan fingerprint density at radius 3 is 2.30 bits per heavy atom. The zero-order valence-electron chi connectivity index (χ0n) is 21.0. The van der Waals surface area contributed by atoms with Crippen LogP contribution in [0.15, 0.2) is 54.6 Å². The van der Waals surface area contributed by atoms with Crippen molar-refractivity contribution in [2.24, 2.45) is 0 Å². The van der Waals surface area contributed by atoms with Crippen molar-refractivity contribution in [2.75, 3.05) is 36.5 Å². The average Bonchev–Trinajstić information content (AvgIpc) is 3.07. The van der Waals surface area contributed by atoms with Gasteiger partial charge in [0.25, 0.3) is 0 Å². The number of piperidine rings is 1. The van der Waals surface area contributed by atoms with E-state index < -0.39 is 23.9 Å². The summed E-state index contributed by atoms with van der Waals surface area (Å²) in [5.41, 5.74) is 6.56. The van der Waals surface area contributed by atoms with Crippen LogP contribution >= 0.6 is 0 Å². The number of halogens is 6. The number of hydrogen-bond acceptors (Lipinski definition) is 6. The molecular weight excluding hydrogens is 540 g/mol. The number of hydrogen-bond donors (Lipinski definition) is 2. The van der Waals surface area contributed by atoms with Gasteiger partial charge in [-0.05, 0) is 53.6 Å². The van der Waals surface area contributed by atoms with Gasteiger partial charge in [-0.1, -0.05) is 30.3 Å². The van der Waals surface area contributed by atoms with E-state index in [0.717, 1.165) is 31.9 Å². The van der Waals surface area contributed by atoms with Gasteiger partial charge in [-0.25, -0.2) is 0 Å². The normalized spacial score (nSPS) is 20.1. The highest BCUT2D eigenvalue weighted by molar-refractivity contribution is 6.41. The van der Waals surface area contributed by atoms with Crippen molar-refractivity contribution in [3.63, 3.8) is 0 Å². The Morgan fingerprint density at radius 1 is 0.900 bits per heavy atom. The van der Waals surface area contributed by atoms with Crippen LogP contribution in [0.4, 0.5) is 43.4 Å². The Labute approximate surface area is 225 Å². The molecule has 0 bridgehead atoms. The van der Waals surface area contributed by atoms with Crippen LogP contribution in [0.1, 0.15) is 23.5 Å². The highest BCUT2D eigenvalue weighted by Crippen LogP contribution is 2.47. The van der Waals surface area contributed by atoms with Gasteiger partial charge >= 0.3 is 23.9 Å². The summed E-state index contributed by atoms with van der Waals surface area (Å²) in [6.07, 6.45) is -10.3. The number of nitrogens with one attached hydrogen (secondary N) is 2. The first-order valence-electron chi connectivity index (χ1n) is 12.6. The Kier molecular flexibility index (Phi) is 7.49. The van der Waals surface area contributed by atoms with E-state index in [0.29, 0.717) is 18.6 Å². The Bertz CT molecular complexity index is 1420. The molecule has 0 amide bonds. The molecule has 0 aromatic heterocycles. The van der Waals surface area contributed by atoms with Gasteiger partial charge in [-0.2, -0.15) is 26.3 Å². The fraction of sp³-hybridized carbons (Fsp3) is 0.357. The molecule has 2 N–H and O–H groups in total. The van der Waals surface area contributed by atoms with E-state index in [9.17, 15) is 35.9 Å². The van der Waals surface area contributed by atoms with Crippen LogP contribution in [-0.4, -0.2) is 56.2 Å². The summed E-state index contributed by atoms with van der Waals surface area (Å²) in [6, 6.07) is 20.4. The van der Waals surface area contributed by atoms with Crippen molar-refractivity contribution < 1.29 is 40.7 Å². The fourth-order valence-electron chi connectivity index (χ4n) is 5.55. The highest BCUT2D eigenvalue weighted by Gasteiger charge is 2.54. The number of rotatable bonds is 3. The minimum atomic E-state index is -5.77. The molecule has 3 heterocycles. The van der Waals surface area contributed by atoms with Crippen LogP contribution < -0.4 is 15.5 Å². The van der Waals surface area contributed by atoms with Crippen LogP contribution in [0.25, 0.3) is 10.8 Å². The van der Waals surface area contributed by atoms with Gasteiger partial charge in [0.05, 0.1) is 13.2 Å². The average molecular weight is 566 g/mol. The smallest absolute Gasteiger partial charge is 0.375 e. The second-order valence-electron chi connectivity index (χ2n) is 9.83. The van der Waals surface area contributed by atoms with Crippen LogP contribution in [0.5, 0.6) is 0 Å². The second-order valence-corrected chi connectivity index (χ2v) is 9.83. The van der Waals surface area contributed by atoms with Gasteiger partial charge < -0.3 is 20.3 Å². The summed E-state index contributed by atoms with van der Waals surface area (Å²) in [5, 5.41) is 9.80. The van der Waals surface area contributed by atoms with Crippen molar-refractivity contribution in [1.29, 1.82) is 0 Å². The molecule has 0 aliphatic carbocycles. The van der Waals surface area contributed by atoms with E-state index in [2.05, 4.69) is 70.1 Å². The lowest BCUT2D eigenvalue weighted by molar-refractivity contribution is -0.193. The van der Waals surface area contributed by atoms with Gasteiger partial charge in [0.15, 0.2) is 0 Å². The molecule has 3 aromatic rings. The molecule has 212 valence electrons. The fourth-order valence-corrected chi connectivity index (χ4v) is 5.55. The summed E-state index contributed by atoms with van der Waals surface area (Å²) in [5.74, 6) is -6.23. The maximum absolute atomic E-state index is 11.2. The first-order valence-corrected chi connectivity index (χ1v) is 12.6. The third-order valence-electron chi connectivity index (χ3n) is 7.24. The molecule has 3 aliphatic heterocycles. The third-order valence-corrected chi connectivity index (χ3v) is 7.24. The first-order chi connectivity index (χ1) is 18.9. The number of nitrogens with zero attached hydrogens (tertiary/aromatic N) is 1. The van der Waals surface area contributed by atoms with Crippen molar-refractivity contribution in [3.8, 4) is 0 Å². The minimum absolute atomic E-state index is 0.582. The van der Waals surface area contributed by atoms with Crippen molar-refractivity contribution in [1.82, 2.24) is 5.32 Å². The molecule has 3 aromatic carbocycles. The Balaban J connectivity index is 0.000000230. The number of benzene rings is 3. The lowest BCUT2D eigenvalue weighted by atomic mass is 9.89. The molecule has 0 unspecified atom stereocenters. The lowest BCUT2D eigenvalue weighted by Crippen LogP contribution is -2.44. The first kappa shape index (κ1) is 27.9. The molecule has 12 heteroatoms. The van der Waals surface area contributed by atoms with E-state index >= 15 is 0 Å². The van der Waals surface area contributed by atoms with E-state index in [-0.39, 0.29) is 0 Å². The summed E-state index contributed by atoms with van der Waals surface area (Å²) < 4.78 is 72.9. The largest absolute Gasteiger partial charge is 0.458 e. The SMILES string of the molecule is O=C(C(=O)C(F)(F)F)C(F)(F)F.c1ccc2cc(Nc3cc4c5c(c3)[C@@H]3CNCC[C@@H]3N5CCOC4)ccc2c1. The maximum atomic E-state index is 11.2. The third kappa shape index (κ3) is 5.64. The van der Waals surface area contributed by atoms with Crippen molar-refractivity contribution in [2.45, 2.75) is 37.3 Å². The van der Waals surface area contributed by atoms with Crippen LogP contribution in [0.2, 0.25) is 0 Å². The molecular formula is C28H25F6N3O3. The summed E-state index contributed by atoms with van der Waals surface area (Å²) in [4.78, 5) is 21.9. The van der Waals surface area contributed by atoms with Crippen LogP contribution in [-0.2, 0) is 20.9 Å². The molecule has 6 nitrogen and oxygen atoms in total. The predicted octanol–water partition coefficient (Wildman–Crippen LogP) is 5.63. The molecule has 0 radical (unpaired) electrons. The zero-order chi connectivity index (χ0) is 28.7. The lowest BCUT2D eigenvalue weighted by Gasteiger charge is -2.33. The van der Waals surface area contributed by atoms with E-state index in [4.69, 9.17) is 4.74 Å².